The topological polar surface area (TPSA) is 28.2 Å². The van der Waals surface area contributed by atoms with Crippen LogP contribution in [0.25, 0.3) is 10.2 Å². The summed E-state index contributed by atoms with van der Waals surface area (Å²) in [5.41, 5.74) is 0.872. The van der Waals surface area contributed by atoms with Crippen molar-refractivity contribution in [1.82, 2.24) is 9.88 Å². The summed E-state index contributed by atoms with van der Waals surface area (Å²) in [6.07, 6.45) is 2.28. The molecule has 5 heteroatoms. The monoisotopic (exact) mass is 265 g/mol. The molecule has 3 rings (SSSR count). The Morgan fingerprint density at radius 1 is 1.39 bits per heavy atom. The van der Waals surface area contributed by atoms with E-state index in [2.05, 4.69) is 22.2 Å². The number of benzene rings is 1. The second-order valence-corrected chi connectivity index (χ2v) is 5.88. The third-order valence-electron chi connectivity index (χ3n) is 3.40. The van der Waals surface area contributed by atoms with Crippen LogP contribution in [0.5, 0.6) is 0 Å². The van der Waals surface area contributed by atoms with Gasteiger partial charge in [0, 0.05) is 6.04 Å². The number of nitrogens with zero attached hydrogens (tertiary/aromatic N) is 2. The molecular formula is C13H16FN3S. The van der Waals surface area contributed by atoms with Crippen LogP contribution in [0.1, 0.15) is 12.8 Å². The number of thiazole rings is 1. The predicted molar refractivity (Wildman–Crippen MR) is 73.7 cm³/mol. The van der Waals surface area contributed by atoms with E-state index in [1.54, 1.807) is 12.1 Å². The summed E-state index contributed by atoms with van der Waals surface area (Å²) in [5.74, 6) is -0.197. The van der Waals surface area contributed by atoms with Gasteiger partial charge < -0.3 is 10.2 Å². The number of rotatable bonds is 2. The van der Waals surface area contributed by atoms with E-state index in [-0.39, 0.29) is 5.82 Å². The molecular weight excluding hydrogens is 249 g/mol. The molecule has 1 aromatic heterocycles. The van der Waals surface area contributed by atoms with E-state index in [9.17, 15) is 4.39 Å². The minimum absolute atomic E-state index is 0.197. The number of fused-ring (bicyclic) bond motifs is 1. The Balaban J connectivity index is 1.74. The van der Waals surface area contributed by atoms with Crippen molar-refractivity contribution >= 4 is 26.7 Å². The number of anilines is 1. The lowest BCUT2D eigenvalue weighted by Gasteiger charge is -2.29. The van der Waals surface area contributed by atoms with Gasteiger partial charge in [-0.3, -0.25) is 0 Å². The largest absolute Gasteiger partial charge is 0.359 e. The Morgan fingerprint density at radius 2 is 2.17 bits per heavy atom. The summed E-state index contributed by atoms with van der Waals surface area (Å²) >= 11 is 1.53. The van der Waals surface area contributed by atoms with Crippen LogP contribution in [0.4, 0.5) is 9.52 Å². The lowest BCUT2D eigenvalue weighted by atomic mass is 10.1. The number of hydrogen-bond donors (Lipinski definition) is 1. The fourth-order valence-electron chi connectivity index (χ4n) is 2.29. The zero-order chi connectivity index (χ0) is 12.5. The van der Waals surface area contributed by atoms with E-state index in [4.69, 9.17) is 0 Å². The summed E-state index contributed by atoms with van der Waals surface area (Å²) in [6.45, 7) is 2.24. The van der Waals surface area contributed by atoms with E-state index < -0.39 is 0 Å². The molecule has 1 fully saturated rings. The molecule has 3 nitrogen and oxygen atoms in total. The van der Waals surface area contributed by atoms with Gasteiger partial charge in [-0.1, -0.05) is 11.3 Å². The minimum Gasteiger partial charge on any atom is -0.359 e. The molecule has 18 heavy (non-hydrogen) atoms. The molecule has 1 aliphatic rings. The van der Waals surface area contributed by atoms with Crippen molar-refractivity contribution < 1.29 is 4.39 Å². The number of nitrogens with one attached hydrogen (secondary N) is 1. The summed E-state index contributed by atoms with van der Waals surface area (Å²) < 4.78 is 14.0. The SMILES string of the molecule is CN1CCC(Nc2nc3ccc(F)cc3s2)CC1. The normalized spacial score (nSPS) is 18.3. The highest BCUT2D eigenvalue weighted by atomic mass is 32.1. The fourth-order valence-corrected chi connectivity index (χ4v) is 3.26. The van der Waals surface area contributed by atoms with E-state index in [0.29, 0.717) is 6.04 Å². The van der Waals surface area contributed by atoms with Gasteiger partial charge in [-0.05, 0) is 51.2 Å². The molecule has 1 aromatic carbocycles. The molecule has 0 aliphatic carbocycles. The third kappa shape index (κ3) is 2.47. The number of likely N-dealkylation sites (tertiary alicyclic amines) is 1. The van der Waals surface area contributed by atoms with Crippen molar-refractivity contribution in [2.45, 2.75) is 18.9 Å². The highest BCUT2D eigenvalue weighted by Crippen LogP contribution is 2.28. The molecule has 1 N–H and O–H groups in total. The molecule has 0 atom stereocenters. The van der Waals surface area contributed by atoms with Crippen molar-refractivity contribution in [2.24, 2.45) is 0 Å². The lowest BCUT2D eigenvalue weighted by molar-refractivity contribution is 0.264. The predicted octanol–water partition coefficient (Wildman–Crippen LogP) is 2.94. The number of hydrogen-bond acceptors (Lipinski definition) is 4. The van der Waals surface area contributed by atoms with E-state index in [0.717, 1.165) is 41.3 Å². The molecule has 0 saturated carbocycles. The molecule has 1 aliphatic heterocycles. The Kier molecular flexibility index (Phi) is 3.18. The minimum atomic E-state index is -0.197. The first-order valence-corrected chi connectivity index (χ1v) is 7.03. The molecule has 1 saturated heterocycles. The summed E-state index contributed by atoms with van der Waals surface area (Å²) in [5, 5.41) is 4.38. The average Bonchev–Trinajstić information content (AvgIpc) is 2.73. The molecule has 0 radical (unpaired) electrons. The van der Waals surface area contributed by atoms with Gasteiger partial charge in [0.05, 0.1) is 10.2 Å². The average molecular weight is 265 g/mol. The van der Waals surface area contributed by atoms with Crippen molar-refractivity contribution in [1.29, 1.82) is 0 Å². The van der Waals surface area contributed by atoms with Crippen molar-refractivity contribution in [3.63, 3.8) is 0 Å². The Labute approximate surface area is 110 Å². The first-order chi connectivity index (χ1) is 8.70. The number of piperidine rings is 1. The molecule has 0 unspecified atom stereocenters. The van der Waals surface area contributed by atoms with Gasteiger partial charge in [0.2, 0.25) is 0 Å². The second-order valence-electron chi connectivity index (χ2n) is 4.85. The fraction of sp³-hybridized carbons (Fsp3) is 0.462. The first kappa shape index (κ1) is 11.9. The van der Waals surface area contributed by atoms with Gasteiger partial charge in [0.1, 0.15) is 5.82 Å². The summed E-state index contributed by atoms with van der Waals surface area (Å²) in [4.78, 5) is 6.83. The quantitative estimate of drug-likeness (QED) is 0.905. The van der Waals surface area contributed by atoms with Gasteiger partial charge in [-0.15, -0.1) is 0 Å². The van der Waals surface area contributed by atoms with E-state index in [1.165, 1.54) is 17.4 Å². The molecule has 0 amide bonds. The highest BCUT2D eigenvalue weighted by molar-refractivity contribution is 7.22. The van der Waals surface area contributed by atoms with Gasteiger partial charge in [0.15, 0.2) is 5.13 Å². The van der Waals surface area contributed by atoms with Crippen LogP contribution in [-0.4, -0.2) is 36.1 Å². The molecule has 0 spiro atoms. The molecule has 96 valence electrons. The van der Waals surface area contributed by atoms with Crippen LogP contribution in [0.3, 0.4) is 0 Å². The molecule has 2 aromatic rings. The van der Waals surface area contributed by atoms with E-state index >= 15 is 0 Å². The summed E-state index contributed by atoms with van der Waals surface area (Å²) in [7, 11) is 2.15. The lowest BCUT2D eigenvalue weighted by Crippen LogP contribution is -2.36. The maximum atomic E-state index is 13.1. The third-order valence-corrected chi connectivity index (χ3v) is 4.35. The van der Waals surface area contributed by atoms with Crippen molar-refractivity contribution in [3.8, 4) is 0 Å². The Hall–Kier alpha value is -1.20. The maximum absolute atomic E-state index is 13.1. The van der Waals surface area contributed by atoms with E-state index in [1.807, 2.05) is 0 Å². The maximum Gasteiger partial charge on any atom is 0.184 e. The number of aromatic nitrogens is 1. The van der Waals surface area contributed by atoms with Gasteiger partial charge in [-0.25, -0.2) is 9.37 Å². The highest BCUT2D eigenvalue weighted by Gasteiger charge is 2.17. The van der Waals surface area contributed by atoms with Gasteiger partial charge >= 0.3 is 0 Å². The summed E-state index contributed by atoms with van der Waals surface area (Å²) in [6, 6.07) is 5.24. The van der Waals surface area contributed by atoms with Crippen molar-refractivity contribution in [3.05, 3.63) is 24.0 Å². The van der Waals surface area contributed by atoms with Crippen molar-refractivity contribution in [2.75, 3.05) is 25.5 Å². The van der Waals surface area contributed by atoms with Gasteiger partial charge in [0.25, 0.3) is 0 Å². The molecule has 0 bridgehead atoms. The van der Waals surface area contributed by atoms with Crippen LogP contribution in [0.15, 0.2) is 18.2 Å². The standard InChI is InChI=1S/C13H16FN3S/c1-17-6-4-10(5-7-17)15-13-16-11-3-2-9(14)8-12(11)18-13/h2-3,8,10H,4-7H2,1H3,(H,15,16). The van der Waals surface area contributed by atoms with Crippen LogP contribution in [-0.2, 0) is 0 Å². The zero-order valence-corrected chi connectivity index (χ0v) is 11.1. The molecule has 2 heterocycles. The Morgan fingerprint density at radius 3 is 2.94 bits per heavy atom. The van der Waals surface area contributed by atoms with Crippen LogP contribution in [0.2, 0.25) is 0 Å². The van der Waals surface area contributed by atoms with Crippen LogP contribution in [0, 0.1) is 5.82 Å². The Bertz CT molecular complexity index is 546. The number of halogens is 1. The first-order valence-electron chi connectivity index (χ1n) is 6.22. The second kappa shape index (κ2) is 4.82. The van der Waals surface area contributed by atoms with Gasteiger partial charge in [-0.2, -0.15) is 0 Å². The smallest absolute Gasteiger partial charge is 0.184 e. The van der Waals surface area contributed by atoms with Crippen LogP contribution >= 0.6 is 11.3 Å². The van der Waals surface area contributed by atoms with Crippen LogP contribution < -0.4 is 5.32 Å². The zero-order valence-electron chi connectivity index (χ0n) is 10.3.